The van der Waals surface area contributed by atoms with E-state index < -0.39 is 21.5 Å². The van der Waals surface area contributed by atoms with Crippen molar-refractivity contribution in [2.75, 3.05) is 18.1 Å². The van der Waals surface area contributed by atoms with E-state index >= 15 is 0 Å². The van der Waals surface area contributed by atoms with Crippen molar-refractivity contribution >= 4 is 15.7 Å². The zero-order valence-corrected chi connectivity index (χ0v) is 11.9. The van der Waals surface area contributed by atoms with E-state index in [0.717, 1.165) is 0 Å². The van der Waals surface area contributed by atoms with E-state index in [0.29, 0.717) is 12.1 Å². The molecule has 0 aliphatic carbocycles. The lowest BCUT2D eigenvalue weighted by molar-refractivity contribution is -0.128. The van der Waals surface area contributed by atoms with Gasteiger partial charge in [-0.25, -0.2) is 12.8 Å². The first-order valence-electron chi connectivity index (χ1n) is 6.10. The summed E-state index contributed by atoms with van der Waals surface area (Å²) >= 11 is 0. The van der Waals surface area contributed by atoms with E-state index in [9.17, 15) is 17.6 Å². The standard InChI is InChI=1S/C13H18FNO3S/c1-3-15(13(16)10-19(17,18)4-2)9-11-6-5-7-12(14)8-11/h5-8H,3-4,9-10H2,1-2H3. The third-order valence-electron chi connectivity index (χ3n) is 2.78. The molecule has 0 aromatic heterocycles. The monoisotopic (exact) mass is 287 g/mol. The molecule has 0 saturated heterocycles. The maximum Gasteiger partial charge on any atom is 0.238 e. The molecule has 0 N–H and O–H groups in total. The van der Waals surface area contributed by atoms with Crippen LogP contribution in [0.1, 0.15) is 19.4 Å². The van der Waals surface area contributed by atoms with Crippen LogP contribution in [-0.2, 0) is 21.2 Å². The predicted molar refractivity (Wildman–Crippen MR) is 71.8 cm³/mol. The Balaban J connectivity index is 2.76. The molecule has 6 heteroatoms. The Morgan fingerprint density at radius 3 is 2.53 bits per heavy atom. The number of carbonyl (C=O) groups is 1. The van der Waals surface area contributed by atoms with Crippen molar-refractivity contribution in [2.45, 2.75) is 20.4 Å². The minimum Gasteiger partial charge on any atom is -0.338 e. The van der Waals surface area contributed by atoms with Crippen LogP contribution in [0.15, 0.2) is 24.3 Å². The summed E-state index contributed by atoms with van der Waals surface area (Å²) in [6.45, 7) is 3.86. The van der Waals surface area contributed by atoms with Gasteiger partial charge >= 0.3 is 0 Å². The molecule has 1 aromatic carbocycles. The van der Waals surface area contributed by atoms with Gasteiger partial charge in [-0.2, -0.15) is 0 Å². The second-order valence-corrected chi connectivity index (χ2v) is 6.57. The normalized spacial score (nSPS) is 11.3. The number of rotatable bonds is 6. The molecule has 0 aliphatic rings. The Labute approximate surface area is 113 Å². The second kappa shape index (κ2) is 6.65. The van der Waals surface area contributed by atoms with Gasteiger partial charge in [-0.3, -0.25) is 4.79 Å². The van der Waals surface area contributed by atoms with Gasteiger partial charge < -0.3 is 4.90 Å². The number of nitrogens with zero attached hydrogens (tertiary/aromatic N) is 1. The highest BCUT2D eigenvalue weighted by molar-refractivity contribution is 7.92. The summed E-state index contributed by atoms with van der Waals surface area (Å²) in [5.74, 6) is -1.38. The minimum absolute atomic E-state index is 0.0593. The highest BCUT2D eigenvalue weighted by Crippen LogP contribution is 2.08. The summed E-state index contributed by atoms with van der Waals surface area (Å²) in [7, 11) is -3.34. The van der Waals surface area contributed by atoms with Crippen LogP contribution in [0.2, 0.25) is 0 Å². The molecule has 0 radical (unpaired) electrons. The van der Waals surface area contributed by atoms with E-state index in [1.54, 1.807) is 19.1 Å². The van der Waals surface area contributed by atoms with Gasteiger partial charge in [0.25, 0.3) is 0 Å². The molecular formula is C13H18FNO3S. The summed E-state index contributed by atoms with van der Waals surface area (Å²) < 4.78 is 35.9. The molecule has 1 amide bonds. The number of amides is 1. The Bertz CT molecular complexity index is 543. The molecule has 1 aromatic rings. The van der Waals surface area contributed by atoms with Crippen molar-refractivity contribution in [1.82, 2.24) is 4.90 Å². The van der Waals surface area contributed by atoms with E-state index in [2.05, 4.69) is 0 Å². The number of hydrogen-bond donors (Lipinski definition) is 0. The van der Waals surface area contributed by atoms with Crippen LogP contribution in [0.4, 0.5) is 4.39 Å². The summed E-state index contributed by atoms with van der Waals surface area (Å²) in [6, 6.07) is 5.92. The van der Waals surface area contributed by atoms with Gasteiger partial charge in [0.15, 0.2) is 9.84 Å². The Kier molecular flexibility index (Phi) is 5.47. The zero-order chi connectivity index (χ0) is 14.5. The Morgan fingerprint density at radius 1 is 1.32 bits per heavy atom. The maximum absolute atomic E-state index is 13.0. The lowest BCUT2D eigenvalue weighted by atomic mass is 10.2. The second-order valence-electron chi connectivity index (χ2n) is 4.21. The van der Waals surface area contributed by atoms with Gasteiger partial charge in [-0.05, 0) is 24.6 Å². The van der Waals surface area contributed by atoms with Crippen molar-refractivity contribution < 1.29 is 17.6 Å². The fourth-order valence-corrected chi connectivity index (χ4v) is 2.38. The highest BCUT2D eigenvalue weighted by atomic mass is 32.2. The molecular weight excluding hydrogens is 269 g/mol. The van der Waals surface area contributed by atoms with Crippen LogP contribution in [0, 0.1) is 5.82 Å². The molecule has 0 spiro atoms. The molecule has 0 bridgehead atoms. The summed E-state index contributed by atoms with van der Waals surface area (Å²) in [5.41, 5.74) is 0.643. The van der Waals surface area contributed by atoms with Gasteiger partial charge in [-0.1, -0.05) is 19.1 Å². The summed E-state index contributed by atoms with van der Waals surface area (Å²) in [5, 5.41) is 0. The number of carbonyl (C=O) groups excluding carboxylic acids is 1. The molecule has 0 heterocycles. The molecule has 0 aliphatic heterocycles. The molecule has 4 nitrogen and oxygen atoms in total. The number of halogens is 1. The van der Waals surface area contributed by atoms with Crippen molar-refractivity contribution in [3.05, 3.63) is 35.6 Å². The lowest BCUT2D eigenvalue weighted by Gasteiger charge is -2.20. The molecule has 1 rings (SSSR count). The van der Waals surface area contributed by atoms with Crippen molar-refractivity contribution in [2.24, 2.45) is 0 Å². The van der Waals surface area contributed by atoms with Crippen molar-refractivity contribution in [3.63, 3.8) is 0 Å². The average Bonchev–Trinajstić information content (AvgIpc) is 2.35. The van der Waals surface area contributed by atoms with Gasteiger partial charge in [0.05, 0.1) is 0 Å². The van der Waals surface area contributed by atoms with Crippen LogP contribution < -0.4 is 0 Å². The fraction of sp³-hybridized carbons (Fsp3) is 0.462. The largest absolute Gasteiger partial charge is 0.338 e. The SMILES string of the molecule is CCN(Cc1cccc(F)c1)C(=O)CS(=O)(=O)CC. The van der Waals surface area contributed by atoms with Gasteiger partial charge in [0.1, 0.15) is 11.6 Å². The van der Waals surface area contributed by atoms with Crippen LogP contribution in [0.25, 0.3) is 0 Å². The number of hydrogen-bond acceptors (Lipinski definition) is 3. The van der Waals surface area contributed by atoms with Crippen LogP contribution >= 0.6 is 0 Å². The fourth-order valence-electron chi connectivity index (χ4n) is 1.61. The first-order chi connectivity index (χ1) is 8.88. The quantitative estimate of drug-likeness (QED) is 0.798. The van der Waals surface area contributed by atoms with E-state index in [1.807, 2.05) is 0 Å². The first-order valence-corrected chi connectivity index (χ1v) is 7.92. The lowest BCUT2D eigenvalue weighted by Crippen LogP contribution is -2.35. The topological polar surface area (TPSA) is 54.5 Å². The van der Waals surface area contributed by atoms with E-state index in [4.69, 9.17) is 0 Å². The molecule has 106 valence electrons. The highest BCUT2D eigenvalue weighted by Gasteiger charge is 2.19. The third kappa shape index (κ3) is 4.98. The van der Waals surface area contributed by atoms with Crippen LogP contribution in [0.3, 0.4) is 0 Å². The van der Waals surface area contributed by atoms with Crippen LogP contribution in [0.5, 0.6) is 0 Å². The molecule has 0 fully saturated rings. The first kappa shape index (κ1) is 15.6. The predicted octanol–water partition coefficient (Wildman–Crippen LogP) is 1.61. The van der Waals surface area contributed by atoms with Gasteiger partial charge in [0.2, 0.25) is 5.91 Å². The number of sulfone groups is 1. The molecule has 0 atom stereocenters. The Morgan fingerprint density at radius 2 is 2.00 bits per heavy atom. The van der Waals surface area contributed by atoms with Crippen LogP contribution in [-0.4, -0.2) is 37.3 Å². The van der Waals surface area contributed by atoms with E-state index in [-0.39, 0.29) is 18.1 Å². The third-order valence-corrected chi connectivity index (χ3v) is 4.35. The Hall–Kier alpha value is -1.43. The van der Waals surface area contributed by atoms with Crippen molar-refractivity contribution in [1.29, 1.82) is 0 Å². The number of benzene rings is 1. The van der Waals surface area contributed by atoms with Crippen molar-refractivity contribution in [3.8, 4) is 0 Å². The molecule has 0 unspecified atom stereocenters. The smallest absolute Gasteiger partial charge is 0.238 e. The summed E-state index contributed by atoms with van der Waals surface area (Å²) in [4.78, 5) is 13.3. The maximum atomic E-state index is 13.0. The zero-order valence-electron chi connectivity index (χ0n) is 11.1. The summed E-state index contributed by atoms with van der Waals surface area (Å²) in [6.07, 6.45) is 0. The minimum atomic E-state index is -3.34. The molecule has 19 heavy (non-hydrogen) atoms. The molecule has 0 saturated carbocycles. The average molecular weight is 287 g/mol. The van der Waals surface area contributed by atoms with E-state index in [1.165, 1.54) is 24.0 Å². The van der Waals surface area contributed by atoms with Gasteiger partial charge in [0, 0.05) is 18.8 Å². The van der Waals surface area contributed by atoms with Gasteiger partial charge in [-0.15, -0.1) is 0 Å².